The zero-order chi connectivity index (χ0) is 14.0. The van der Waals surface area contributed by atoms with Crippen molar-refractivity contribution in [2.24, 2.45) is 5.92 Å². The number of benzene rings is 1. The Morgan fingerprint density at radius 1 is 1.37 bits per heavy atom. The molecule has 0 aliphatic heterocycles. The lowest BCUT2D eigenvalue weighted by Crippen LogP contribution is -2.22. The third-order valence-corrected chi connectivity index (χ3v) is 3.62. The first-order valence-electron chi connectivity index (χ1n) is 6.53. The monoisotopic (exact) mass is 262 g/mol. The van der Waals surface area contributed by atoms with E-state index in [1.807, 2.05) is 0 Å². The molecule has 2 aromatic rings. The second-order valence-electron chi connectivity index (χ2n) is 4.73. The number of imidazole rings is 1. The highest BCUT2D eigenvalue weighted by Gasteiger charge is 2.17. The summed E-state index contributed by atoms with van der Waals surface area (Å²) in [5.74, 6) is -0.638. The van der Waals surface area contributed by atoms with Crippen molar-refractivity contribution < 1.29 is 9.90 Å². The summed E-state index contributed by atoms with van der Waals surface area (Å²) in [4.78, 5) is 26.0. The molecule has 0 unspecified atom stereocenters. The van der Waals surface area contributed by atoms with Gasteiger partial charge in [-0.15, -0.1) is 0 Å². The van der Waals surface area contributed by atoms with Crippen molar-refractivity contribution in [3.63, 3.8) is 0 Å². The lowest BCUT2D eigenvalue weighted by molar-refractivity contribution is 0.0698. The first-order valence-corrected chi connectivity index (χ1v) is 6.53. The van der Waals surface area contributed by atoms with Crippen LogP contribution >= 0.6 is 0 Å². The summed E-state index contributed by atoms with van der Waals surface area (Å²) in [6, 6.07) is 4.90. The van der Waals surface area contributed by atoms with Gasteiger partial charge in [-0.2, -0.15) is 0 Å². The van der Waals surface area contributed by atoms with E-state index in [9.17, 15) is 14.7 Å². The number of nitrogens with one attached hydrogen (secondary N) is 1. The number of aromatic nitrogens is 2. The van der Waals surface area contributed by atoms with E-state index in [1.165, 1.54) is 6.07 Å². The summed E-state index contributed by atoms with van der Waals surface area (Å²) < 4.78 is 1.55. The molecule has 5 heteroatoms. The summed E-state index contributed by atoms with van der Waals surface area (Å²) in [6.45, 7) is 4.70. The minimum atomic E-state index is -1.01. The fourth-order valence-electron chi connectivity index (χ4n) is 2.37. The highest BCUT2D eigenvalue weighted by molar-refractivity contribution is 6.01. The highest BCUT2D eigenvalue weighted by atomic mass is 16.4. The number of nitrogens with zero attached hydrogens (tertiary/aromatic N) is 1. The molecule has 0 saturated carbocycles. The van der Waals surface area contributed by atoms with E-state index in [4.69, 9.17) is 0 Å². The fraction of sp³-hybridized carbons (Fsp3) is 0.429. The van der Waals surface area contributed by atoms with Crippen molar-refractivity contribution in [2.75, 3.05) is 0 Å². The van der Waals surface area contributed by atoms with Gasteiger partial charge < -0.3 is 10.1 Å². The number of carbonyl (C=O) groups is 1. The smallest absolute Gasteiger partial charge is 0.337 e. The van der Waals surface area contributed by atoms with Gasteiger partial charge in [-0.05, 0) is 18.1 Å². The van der Waals surface area contributed by atoms with Crippen LogP contribution in [0.2, 0.25) is 0 Å². The molecule has 0 bridgehead atoms. The number of carboxylic acids is 1. The van der Waals surface area contributed by atoms with Crippen LogP contribution in [-0.2, 0) is 6.54 Å². The van der Waals surface area contributed by atoms with Crippen molar-refractivity contribution in [1.82, 2.24) is 9.55 Å². The molecule has 0 aliphatic rings. The lowest BCUT2D eigenvalue weighted by Gasteiger charge is -2.13. The maximum Gasteiger partial charge on any atom is 0.337 e. The molecular formula is C14H18N2O3. The van der Waals surface area contributed by atoms with Crippen LogP contribution in [0.5, 0.6) is 0 Å². The second kappa shape index (κ2) is 5.30. The van der Waals surface area contributed by atoms with Crippen molar-refractivity contribution >= 4 is 17.0 Å². The predicted octanol–water partition coefficient (Wildman–Crippen LogP) is 2.46. The Hall–Kier alpha value is -2.04. The second-order valence-corrected chi connectivity index (χ2v) is 4.73. The molecule has 0 aliphatic carbocycles. The van der Waals surface area contributed by atoms with E-state index >= 15 is 0 Å². The van der Waals surface area contributed by atoms with E-state index in [0.29, 0.717) is 23.5 Å². The van der Waals surface area contributed by atoms with Crippen LogP contribution in [-0.4, -0.2) is 20.6 Å². The summed E-state index contributed by atoms with van der Waals surface area (Å²) in [5.41, 5.74) is 1.00. The first kappa shape index (κ1) is 13.4. The fourth-order valence-corrected chi connectivity index (χ4v) is 2.37. The van der Waals surface area contributed by atoms with E-state index in [0.717, 1.165) is 12.8 Å². The van der Waals surface area contributed by atoms with Crippen molar-refractivity contribution in [3.8, 4) is 0 Å². The molecule has 5 nitrogen and oxygen atoms in total. The molecule has 2 N–H and O–H groups in total. The molecule has 1 heterocycles. The van der Waals surface area contributed by atoms with Gasteiger partial charge in [-0.1, -0.05) is 32.8 Å². The predicted molar refractivity (Wildman–Crippen MR) is 73.6 cm³/mol. The number of hydrogen-bond acceptors (Lipinski definition) is 2. The summed E-state index contributed by atoms with van der Waals surface area (Å²) in [6.07, 6.45) is 1.93. The van der Waals surface area contributed by atoms with Gasteiger partial charge in [0, 0.05) is 6.54 Å². The van der Waals surface area contributed by atoms with Crippen molar-refractivity contribution in [2.45, 2.75) is 33.2 Å². The number of H-pyrrole nitrogens is 1. The van der Waals surface area contributed by atoms with Gasteiger partial charge in [-0.3, -0.25) is 4.57 Å². The number of carboxylic acid groups (broad SMARTS) is 1. The Balaban J connectivity index is 2.62. The number of fused-ring (bicyclic) bond motifs is 1. The molecule has 0 spiro atoms. The molecular weight excluding hydrogens is 244 g/mol. The molecule has 0 amide bonds. The molecule has 0 radical (unpaired) electrons. The topological polar surface area (TPSA) is 75.1 Å². The average molecular weight is 262 g/mol. The molecule has 1 aromatic heterocycles. The summed E-state index contributed by atoms with van der Waals surface area (Å²) in [7, 11) is 0. The minimum Gasteiger partial charge on any atom is -0.478 e. The van der Waals surface area contributed by atoms with Crippen LogP contribution < -0.4 is 5.69 Å². The third kappa shape index (κ3) is 2.41. The molecule has 0 atom stereocenters. The van der Waals surface area contributed by atoms with Crippen molar-refractivity contribution in [1.29, 1.82) is 0 Å². The van der Waals surface area contributed by atoms with E-state index in [-0.39, 0.29) is 11.3 Å². The largest absolute Gasteiger partial charge is 0.478 e. The van der Waals surface area contributed by atoms with Gasteiger partial charge in [0.05, 0.1) is 16.6 Å². The van der Waals surface area contributed by atoms with Crippen molar-refractivity contribution in [3.05, 3.63) is 34.2 Å². The number of aromatic amines is 1. The van der Waals surface area contributed by atoms with Gasteiger partial charge >= 0.3 is 11.7 Å². The lowest BCUT2D eigenvalue weighted by atomic mass is 10.0. The summed E-state index contributed by atoms with van der Waals surface area (Å²) in [5, 5.41) is 9.24. The zero-order valence-electron chi connectivity index (χ0n) is 11.1. The molecule has 102 valence electrons. The van der Waals surface area contributed by atoms with Crippen LogP contribution in [0.4, 0.5) is 0 Å². The van der Waals surface area contributed by atoms with Gasteiger partial charge in [0.1, 0.15) is 0 Å². The van der Waals surface area contributed by atoms with Crippen LogP contribution in [0.25, 0.3) is 11.0 Å². The van der Waals surface area contributed by atoms with Gasteiger partial charge in [-0.25, -0.2) is 9.59 Å². The molecule has 0 fully saturated rings. The normalized spacial score (nSPS) is 11.3. The van der Waals surface area contributed by atoms with Crippen LogP contribution in [0.3, 0.4) is 0 Å². The third-order valence-electron chi connectivity index (χ3n) is 3.62. The Labute approximate surface area is 110 Å². The number of para-hydroxylation sites is 1. The highest BCUT2D eigenvalue weighted by Crippen LogP contribution is 2.19. The quantitative estimate of drug-likeness (QED) is 0.869. The van der Waals surface area contributed by atoms with Crippen LogP contribution in [0, 0.1) is 5.92 Å². The Kier molecular flexibility index (Phi) is 3.74. The maximum absolute atomic E-state index is 12.0. The molecule has 2 rings (SSSR count). The minimum absolute atomic E-state index is 0.168. The number of hydrogen-bond donors (Lipinski definition) is 2. The molecule has 1 aromatic carbocycles. The SMILES string of the molecule is CCC(CC)Cn1c(=O)[nH]c2cccc(C(=O)O)c21. The molecule has 0 saturated heterocycles. The Morgan fingerprint density at radius 2 is 2.05 bits per heavy atom. The summed E-state index contributed by atoms with van der Waals surface area (Å²) >= 11 is 0. The first-order chi connectivity index (χ1) is 9.08. The number of rotatable bonds is 5. The van der Waals surface area contributed by atoms with Gasteiger partial charge in [0.25, 0.3) is 0 Å². The standard InChI is InChI=1S/C14H18N2O3/c1-3-9(4-2)8-16-12-10(13(17)18)6-5-7-11(12)15-14(16)19/h5-7,9H,3-4,8H2,1-2H3,(H,15,19)(H,17,18). The molecule has 19 heavy (non-hydrogen) atoms. The van der Waals surface area contributed by atoms with Gasteiger partial charge in [0.2, 0.25) is 0 Å². The number of aromatic carboxylic acids is 1. The Bertz CT molecular complexity index is 650. The maximum atomic E-state index is 12.0. The van der Waals surface area contributed by atoms with E-state index in [2.05, 4.69) is 18.8 Å². The zero-order valence-corrected chi connectivity index (χ0v) is 11.1. The van der Waals surface area contributed by atoms with Crippen LogP contribution in [0.15, 0.2) is 23.0 Å². The van der Waals surface area contributed by atoms with Crippen LogP contribution in [0.1, 0.15) is 37.0 Å². The Morgan fingerprint density at radius 3 is 2.63 bits per heavy atom. The average Bonchev–Trinajstić information content (AvgIpc) is 2.71. The van der Waals surface area contributed by atoms with E-state index < -0.39 is 5.97 Å². The van der Waals surface area contributed by atoms with Gasteiger partial charge in [0.15, 0.2) is 0 Å². The van der Waals surface area contributed by atoms with E-state index in [1.54, 1.807) is 16.7 Å².